The molecule has 29 heavy (non-hydrogen) atoms. The third kappa shape index (κ3) is 5.05. The minimum Gasteiger partial charge on any atom is -0.251 e. The molecule has 0 N–H and O–H groups in total. The van der Waals surface area contributed by atoms with E-state index in [1.165, 1.54) is 11.1 Å². The molecule has 0 saturated carbocycles. The van der Waals surface area contributed by atoms with E-state index in [2.05, 4.69) is 56.0 Å². The molecule has 1 heterocycles. The van der Waals surface area contributed by atoms with Crippen LogP contribution >= 0.6 is 0 Å². The van der Waals surface area contributed by atoms with Gasteiger partial charge < -0.3 is 0 Å². The van der Waals surface area contributed by atoms with Crippen molar-refractivity contribution in [2.45, 2.75) is 20.8 Å². The molecule has 0 spiro atoms. The Labute approximate surface area is 173 Å². The molecule has 0 aliphatic heterocycles. The quantitative estimate of drug-likeness (QED) is 0.323. The third-order valence-electron chi connectivity index (χ3n) is 4.58. The molecule has 0 radical (unpaired) electrons. The Morgan fingerprint density at radius 3 is 2.41 bits per heavy atom. The van der Waals surface area contributed by atoms with E-state index in [-0.39, 0.29) is 0 Å². The average molecular weight is 379 g/mol. The van der Waals surface area contributed by atoms with E-state index in [0.29, 0.717) is 0 Å². The second-order valence-corrected chi connectivity index (χ2v) is 6.92. The van der Waals surface area contributed by atoms with E-state index in [9.17, 15) is 0 Å². The van der Waals surface area contributed by atoms with Crippen molar-refractivity contribution in [3.63, 3.8) is 0 Å². The first kappa shape index (κ1) is 20.2. The lowest BCUT2D eigenvalue weighted by atomic mass is 9.98. The van der Waals surface area contributed by atoms with E-state index in [1.807, 2.05) is 56.4 Å². The molecule has 0 bridgehead atoms. The Kier molecular flexibility index (Phi) is 6.70. The summed E-state index contributed by atoms with van der Waals surface area (Å²) in [4.78, 5) is 9.74. The van der Waals surface area contributed by atoms with Gasteiger partial charge in [0.25, 0.3) is 0 Å². The van der Waals surface area contributed by atoms with Crippen molar-refractivity contribution in [1.82, 2.24) is 4.98 Å². The van der Waals surface area contributed by atoms with Gasteiger partial charge >= 0.3 is 0 Å². The van der Waals surface area contributed by atoms with E-state index < -0.39 is 0 Å². The molecule has 0 amide bonds. The number of hydrogen-bond donors (Lipinski definition) is 0. The van der Waals surface area contributed by atoms with Crippen LogP contribution in [0.1, 0.15) is 18.2 Å². The van der Waals surface area contributed by atoms with Crippen molar-refractivity contribution in [3.8, 4) is 11.1 Å². The highest BCUT2D eigenvalue weighted by Gasteiger charge is 2.11. The normalized spacial score (nSPS) is 12.6. The van der Waals surface area contributed by atoms with Gasteiger partial charge in [-0.1, -0.05) is 85.5 Å². The van der Waals surface area contributed by atoms with Gasteiger partial charge in [-0.3, -0.25) is 9.98 Å². The van der Waals surface area contributed by atoms with Crippen LogP contribution in [-0.2, 0) is 0 Å². The van der Waals surface area contributed by atoms with Crippen LogP contribution in [0.5, 0.6) is 0 Å². The summed E-state index contributed by atoms with van der Waals surface area (Å²) in [6.45, 7) is 9.79. The predicted molar refractivity (Wildman–Crippen MR) is 127 cm³/mol. The summed E-state index contributed by atoms with van der Waals surface area (Å²) in [5.74, 6) is 0. The maximum absolute atomic E-state index is 4.90. The zero-order chi connectivity index (χ0) is 20.6. The van der Waals surface area contributed by atoms with Gasteiger partial charge in [-0.25, -0.2) is 0 Å². The van der Waals surface area contributed by atoms with Gasteiger partial charge in [-0.15, -0.1) is 0 Å². The highest BCUT2D eigenvalue weighted by molar-refractivity contribution is 6.04. The molecule has 0 saturated heterocycles. The summed E-state index contributed by atoms with van der Waals surface area (Å²) < 4.78 is 0. The molecule has 2 nitrogen and oxygen atoms in total. The molecule has 0 aliphatic rings. The summed E-state index contributed by atoms with van der Waals surface area (Å²) in [6, 6.07) is 16.9. The van der Waals surface area contributed by atoms with Crippen LogP contribution in [-0.4, -0.2) is 10.7 Å². The molecular formula is C27H26N2. The molecular weight excluding hydrogens is 352 g/mol. The number of nitrogens with zero attached hydrogens (tertiary/aromatic N) is 2. The first-order valence-corrected chi connectivity index (χ1v) is 9.74. The largest absolute Gasteiger partial charge is 0.251 e. The zero-order valence-electron chi connectivity index (χ0n) is 17.3. The van der Waals surface area contributed by atoms with Crippen molar-refractivity contribution in [3.05, 3.63) is 109 Å². The van der Waals surface area contributed by atoms with Crippen LogP contribution < -0.4 is 0 Å². The molecule has 3 aromatic rings. The predicted octanol–water partition coefficient (Wildman–Crippen LogP) is 7.47. The van der Waals surface area contributed by atoms with Crippen LogP contribution in [0, 0.1) is 13.8 Å². The van der Waals surface area contributed by atoms with Crippen molar-refractivity contribution in [2.24, 2.45) is 4.99 Å². The van der Waals surface area contributed by atoms with Crippen molar-refractivity contribution in [2.75, 3.05) is 0 Å². The van der Waals surface area contributed by atoms with E-state index in [0.717, 1.165) is 33.6 Å². The number of aromatic nitrogens is 1. The number of fused-ring (bicyclic) bond motifs is 1. The molecule has 144 valence electrons. The van der Waals surface area contributed by atoms with Crippen LogP contribution in [0.2, 0.25) is 0 Å². The monoisotopic (exact) mass is 378 g/mol. The molecule has 2 heteroatoms. The summed E-state index contributed by atoms with van der Waals surface area (Å²) in [5.41, 5.74) is 7.30. The van der Waals surface area contributed by atoms with Crippen molar-refractivity contribution < 1.29 is 0 Å². The molecule has 2 aromatic carbocycles. The molecule has 0 fully saturated rings. The maximum atomic E-state index is 4.90. The van der Waals surface area contributed by atoms with Gasteiger partial charge in [0, 0.05) is 16.8 Å². The minimum absolute atomic E-state index is 0.932. The Hall–Kier alpha value is -3.52. The topological polar surface area (TPSA) is 25.2 Å². The number of aryl methyl sites for hydroxylation is 2. The lowest BCUT2D eigenvalue weighted by molar-refractivity contribution is 1.24. The van der Waals surface area contributed by atoms with Gasteiger partial charge in [0.1, 0.15) is 0 Å². The number of benzene rings is 2. The first-order chi connectivity index (χ1) is 14.1. The SMILES string of the molecule is C=C\C=C/C=C/C=C/C(C)=Nc1c(C)ccc2c(-c3ccccc3)cc(C)nc12. The van der Waals surface area contributed by atoms with E-state index >= 15 is 0 Å². The van der Waals surface area contributed by atoms with Gasteiger partial charge in [0.05, 0.1) is 11.2 Å². The highest BCUT2D eigenvalue weighted by atomic mass is 14.8. The smallest absolute Gasteiger partial charge is 0.0970 e. The van der Waals surface area contributed by atoms with E-state index in [4.69, 9.17) is 9.98 Å². The Bertz CT molecular complexity index is 1130. The number of rotatable bonds is 6. The average Bonchev–Trinajstić information content (AvgIpc) is 2.73. The number of allylic oxidation sites excluding steroid dienone is 7. The number of aliphatic imine (C=N–C) groups is 1. The zero-order valence-corrected chi connectivity index (χ0v) is 17.3. The van der Waals surface area contributed by atoms with Crippen molar-refractivity contribution in [1.29, 1.82) is 0 Å². The van der Waals surface area contributed by atoms with Gasteiger partial charge in [0.15, 0.2) is 0 Å². The summed E-state index contributed by atoms with van der Waals surface area (Å²) in [6.07, 6.45) is 13.5. The number of hydrogen-bond acceptors (Lipinski definition) is 2. The lowest BCUT2D eigenvalue weighted by Gasteiger charge is -2.12. The fourth-order valence-electron chi connectivity index (χ4n) is 3.18. The highest BCUT2D eigenvalue weighted by Crippen LogP contribution is 2.35. The Morgan fingerprint density at radius 2 is 1.66 bits per heavy atom. The minimum atomic E-state index is 0.932. The molecule has 0 aliphatic carbocycles. The standard InChI is InChI=1S/C27H26N2/c1-5-6-7-8-9-11-14-21(3)28-26-20(2)17-18-24-25(19-22(4)29-27(24)26)23-15-12-10-13-16-23/h5-19H,1H2,2-4H3/b7-6-,9-8+,14-11+,28-21?. The van der Waals surface area contributed by atoms with Crippen LogP contribution in [0.25, 0.3) is 22.0 Å². The third-order valence-corrected chi connectivity index (χ3v) is 4.58. The van der Waals surface area contributed by atoms with Crippen LogP contribution in [0.15, 0.2) is 103 Å². The molecule has 0 unspecified atom stereocenters. The molecule has 0 atom stereocenters. The van der Waals surface area contributed by atoms with Crippen LogP contribution in [0.3, 0.4) is 0 Å². The fourth-order valence-corrected chi connectivity index (χ4v) is 3.18. The second kappa shape index (κ2) is 9.61. The molecule has 3 rings (SSSR count). The maximum Gasteiger partial charge on any atom is 0.0970 e. The Morgan fingerprint density at radius 1 is 0.931 bits per heavy atom. The Balaban J connectivity index is 2.06. The summed E-state index contributed by atoms with van der Waals surface area (Å²) in [5, 5.41) is 1.12. The van der Waals surface area contributed by atoms with Gasteiger partial charge in [-0.05, 0) is 49.6 Å². The number of pyridine rings is 1. The van der Waals surface area contributed by atoms with Gasteiger partial charge in [0.2, 0.25) is 0 Å². The fraction of sp³-hybridized carbons (Fsp3) is 0.111. The summed E-state index contributed by atoms with van der Waals surface area (Å²) in [7, 11) is 0. The lowest BCUT2D eigenvalue weighted by Crippen LogP contribution is -1.92. The second-order valence-electron chi connectivity index (χ2n) is 6.92. The van der Waals surface area contributed by atoms with E-state index in [1.54, 1.807) is 6.08 Å². The van der Waals surface area contributed by atoms with Gasteiger partial charge in [-0.2, -0.15) is 0 Å². The molecule has 1 aromatic heterocycles. The summed E-state index contributed by atoms with van der Waals surface area (Å²) >= 11 is 0. The van der Waals surface area contributed by atoms with Crippen LogP contribution in [0.4, 0.5) is 5.69 Å². The van der Waals surface area contributed by atoms with Crippen molar-refractivity contribution >= 4 is 22.3 Å². The first-order valence-electron chi connectivity index (χ1n) is 9.74.